The van der Waals surface area contributed by atoms with Gasteiger partial charge in [-0.3, -0.25) is 9.36 Å². The smallest absolute Gasteiger partial charge is 0.341 e. The quantitative estimate of drug-likeness (QED) is 0.116. The molecule has 2 aromatic heterocycles. The molecular formula is C28H26ClFN4O4S2. The van der Waals surface area contributed by atoms with Gasteiger partial charge in [-0.05, 0) is 43.2 Å². The third kappa shape index (κ3) is 6.72. The van der Waals surface area contributed by atoms with E-state index in [1.807, 2.05) is 37.4 Å². The number of allylic oxidation sites excluding steroid dienone is 1. The van der Waals surface area contributed by atoms with Crippen molar-refractivity contribution in [3.05, 3.63) is 87.8 Å². The molecule has 40 heavy (non-hydrogen) atoms. The molecule has 0 spiro atoms. The number of carbonyl (C=O) groups excluding carboxylic acids is 2. The number of benzene rings is 2. The number of hydrogen-bond donors (Lipinski definition) is 1. The van der Waals surface area contributed by atoms with Crippen molar-refractivity contribution in [1.82, 2.24) is 14.8 Å². The minimum atomic E-state index is -0.531. The van der Waals surface area contributed by atoms with Gasteiger partial charge in [-0.1, -0.05) is 53.2 Å². The average molecular weight is 601 g/mol. The van der Waals surface area contributed by atoms with E-state index in [0.717, 1.165) is 22.8 Å². The number of esters is 1. The highest BCUT2D eigenvalue weighted by Crippen LogP contribution is 2.38. The zero-order valence-electron chi connectivity index (χ0n) is 22.0. The number of amides is 1. The van der Waals surface area contributed by atoms with Crippen molar-refractivity contribution in [3.8, 4) is 16.9 Å². The first-order valence-electron chi connectivity index (χ1n) is 12.0. The summed E-state index contributed by atoms with van der Waals surface area (Å²) < 4.78 is 25.8. The second-order valence-corrected chi connectivity index (χ2v) is 10.9. The molecule has 4 aromatic rings. The van der Waals surface area contributed by atoms with E-state index in [1.54, 1.807) is 10.6 Å². The maximum Gasteiger partial charge on any atom is 0.341 e. The van der Waals surface area contributed by atoms with Gasteiger partial charge in [-0.15, -0.1) is 28.1 Å². The van der Waals surface area contributed by atoms with Crippen LogP contribution in [0.1, 0.15) is 27.3 Å². The summed E-state index contributed by atoms with van der Waals surface area (Å²) in [6.45, 7) is 8.12. The highest BCUT2D eigenvalue weighted by Gasteiger charge is 2.24. The van der Waals surface area contributed by atoms with E-state index >= 15 is 0 Å². The summed E-state index contributed by atoms with van der Waals surface area (Å²) in [5, 5.41) is 14.1. The predicted octanol–water partition coefficient (Wildman–Crippen LogP) is 6.70. The maximum absolute atomic E-state index is 13.3. The Morgan fingerprint density at radius 1 is 1.20 bits per heavy atom. The molecule has 0 saturated carbocycles. The van der Waals surface area contributed by atoms with Gasteiger partial charge in [0, 0.05) is 17.5 Å². The van der Waals surface area contributed by atoms with Gasteiger partial charge in [0.1, 0.15) is 28.7 Å². The Morgan fingerprint density at radius 2 is 2.00 bits per heavy atom. The Hall–Kier alpha value is -3.67. The number of ether oxygens (including phenoxy) is 2. The first kappa shape index (κ1) is 29.3. The molecule has 8 nitrogen and oxygen atoms in total. The van der Waals surface area contributed by atoms with Crippen LogP contribution in [0.5, 0.6) is 5.75 Å². The van der Waals surface area contributed by atoms with Crippen LogP contribution in [0.15, 0.2) is 59.6 Å². The number of nitrogens with zero attached hydrogens (tertiary/aromatic N) is 3. The standard InChI is InChI=1S/C28H26ClFN4O4S2/c1-5-10-34-23(13-38-22-9-8-18(30)12-21(22)29)32-33-28(34)40-15-24(35)31-26-25(27(36)37-4)20(14-39-26)19-11-16(2)6-7-17(19)3/h5-9,11-12,14H,1,10,13,15H2,2-4H3,(H,31,35). The fourth-order valence-electron chi connectivity index (χ4n) is 3.85. The molecule has 0 aliphatic heterocycles. The Labute approximate surface area is 244 Å². The van der Waals surface area contributed by atoms with Crippen LogP contribution in [0.2, 0.25) is 5.02 Å². The number of methoxy groups -OCH3 is 1. The fourth-order valence-corrected chi connectivity index (χ4v) is 5.80. The van der Waals surface area contributed by atoms with Crippen LogP contribution >= 0.6 is 34.7 Å². The van der Waals surface area contributed by atoms with Crippen LogP contribution in [-0.2, 0) is 22.7 Å². The van der Waals surface area contributed by atoms with Crippen LogP contribution in [0.3, 0.4) is 0 Å². The minimum Gasteiger partial charge on any atom is -0.484 e. The number of rotatable bonds is 11. The molecule has 0 unspecified atom stereocenters. The van der Waals surface area contributed by atoms with Gasteiger partial charge < -0.3 is 14.8 Å². The van der Waals surface area contributed by atoms with E-state index in [1.165, 1.54) is 42.3 Å². The Bertz CT molecular complexity index is 1570. The SMILES string of the molecule is C=CCn1c(COc2ccc(F)cc2Cl)nnc1SCC(=O)Nc1scc(-c2cc(C)ccc2C)c1C(=O)OC. The topological polar surface area (TPSA) is 95.3 Å². The lowest BCUT2D eigenvalue weighted by atomic mass is 9.97. The number of thioether (sulfide) groups is 1. The van der Waals surface area contributed by atoms with Crippen molar-refractivity contribution in [1.29, 1.82) is 0 Å². The van der Waals surface area contributed by atoms with Gasteiger partial charge in [0.25, 0.3) is 0 Å². The van der Waals surface area contributed by atoms with Gasteiger partial charge in [-0.25, -0.2) is 9.18 Å². The highest BCUT2D eigenvalue weighted by atomic mass is 35.5. The molecule has 0 saturated heterocycles. The lowest BCUT2D eigenvalue weighted by Crippen LogP contribution is -2.16. The molecule has 4 rings (SSSR count). The van der Waals surface area contributed by atoms with Crippen molar-refractivity contribution in [3.63, 3.8) is 0 Å². The molecule has 0 aliphatic rings. The molecule has 12 heteroatoms. The van der Waals surface area contributed by atoms with Gasteiger partial charge in [0.2, 0.25) is 5.91 Å². The van der Waals surface area contributed by atoms with Crippen molar-refractivity contribution in [2.75, 3.05) is 18.2 Å². The number of carbonyl (C=O) groups is 2. The molecular weight excluding hydrogens is 575 g/mol. The minimum absolute atomic E-state index is 0.0112. The molecule has 0 bridgehead atoms. The zero-order valence-corrected chi connectivity index (χ0v) is 24.4. The molecule has 208 valence electrons. The third-order valence-electron chi connectivity index (χ3n) is 5.80. The normalized spacial score (nSPS) is 10.8. The van der Waals surface area contributed by atoms with Gasteiger partial charge in [-0.2, -0.15) is 0 Å². The average Bonchev–Trinajstić information content (AvgIpc) is 3.52. The summed E-state index contributed by atoms with van der Waals surface area (Å²) in [7, 11) is 1.31. The van der Waals surface area contributed by atoms with Gasteiger partial charge in [0.15, 0.2) is 11.0 Å². The van der Waals surface area contributed by atoms with E-state index in [0.29, 0.717) is 39.4 Å². The third-order valence-corrected chi connectivity index (χ3v) is 7.96. The molecule has 0 radical (unpaired) electrons. The number of aromatic nitrogens is 3. The number of anilines is 1. The van der Waals surface area contributed by atoms with Crippen molar-refractivity contribution in [2.45, 2.75) is 32.2 Å². The number of aryl methyl sites for hydroxylation is 2. The van der Waals surface area contributed by atoms with Gasteiger partial charge in [0.05, 0.1) is 17.9 Å². The summed E-state index contributed by atoms with van der Waals surface area (Å²) in [4.78, 5) is 25.7. The molecule has 0 aliphatic carbocycles. The number of halogens is 2. The van der Waals surface area contributed by atoms with Crippen molar-refractivity contribution >= 4 is 51.6 Å². The van der Waals surface area contributed by atoms with E-state index in [4.69, 9.17) is 21.1 Å². The lowest BCUT2D eigenvalue weighted by Gasteiger charge is -2.11. The highest BCUT2D eigenvalue weighted by molar-refractivity contribution is 7.99. The number of hydrogen-bond acceptors (Lipinski definition) is 8. The maximum atomic E-state index is 13.3. The largest absolute Gasteiger partial charge is 0.484 e. The van der Waals surface area contributed by atoms with E-state index in [2.05, 4.69) is 22.1 Å². The van der Waals surface area contributed by atoms with Crippen LogP contribution in [0.25, 0.3) is 11.1 Å². The van der Waals surface area contributed by atoms with Crippen LogP contribution < -0.4 is 10.1 Å². The lowest BCUT2D eigenvalue weighted by molar-refractivity contribution is -0.113. The summed E-state index contributed by atoms with van der Waals surface area (Å²) in [6.07, 6.45) is 1.67. The predicted molar refractivity (Wildman–Crippen MR) is 156 cm³/mol. The Kier molecular flexibility index (Phi) is 9.62. The molecule has 1 amide bonds. The Balaban J connectivity index is 1.47. The number of nitrogens with one attached hydrogen (secondary N) is 1. The van der Waals surface area contributed by atoms with E-state index in [9.17, 15) is 14.0 Å². The second-order valence-electron chi connectivity index (χ2n) is 8.66. The van der Waals surface area contributed by atoms with Crippen LogP contribution in [0.4, 0.5) is 9.39 Å². The van der Waals surface area contributed by atoms with Crippen LogP contribution in [-0.4, -0.2) is 39.5 Å². The van der Waals surface area contributed by atoms with Crippen LogP contribution in [0, 0.1) is 19.7 Å². The first-order valence-corrected chi connectivity index (χ1v) is 14.3. The fraction of sp³-hybridized carbons (Fsp3) is 0.214. The van der Waals surface area contributed by atoms with Crippen molar-refractivity contribution < 1.29 is 23.5 Å². The van der Waals surface area contributed by atoms with Crippen molar-refractivity contribution in [2.24, 2.45) is 0 Å². The summed E-state index contributed by atoms with van der Waals surface area (Å²) in [5.74, 6) is -0.524. The molecule has 2 aromatic carbocycles. The molecule has 0 atom stereocenters. The molecule has 2 heterocycles. The Morgan fingerprint density at radius 3 is 2.73 bits per heavy atom. The summed E-state index contributed by atoms with van der Waals surface area (Å²) in [5.41, 5.74) is 3.98. The zero-order chi connectivity index (χ0) is 28.8. The second kappa shape index (κ2) is 13.1. The summed E-state index contributed by atoms with van der Waals surface area (Å²) in [6, 6.07) is 9.84. The van der Waals surface area contributed by atoms with E-state index < -0.39 is 11.8 Å². The first-order chi connectivity index (χ1) is 19.2. The summed E-state index contributed by atoms with van der Waals surface area (Å²) >= 11 is 8.48. The molecule has 1 N–H and O–H groups in total. The number of thiophene rings is 1. The van der Waals surface area contributed by atoms with E-state index in [-0.39, 0.29) is 23.3 Å². The molecule has 0 fully saturated rings. The van der Waals surface area contributed by atoms with Gasteiger partial charge >= 0.3 is 5.97 Å². The monoisotopic (exact) mass is 600 g/mol.